The summed E-state index contributed by atoms with van der Waals surface area (Å²) in [5.74, 6) is 0. The summed E-state index contributed by atoms with van der Waals surface area (Å²) in [7, 11) is 0. The summed E-state index contributed by atoms with van der Waals surface area (Å²) < 4.78 is 0. The second-order valence-electron chi connectivity index (χ2n) is 14.1. The average Bonchev–Trinajstić information content (AvgIpc) is 3.24. The molecular formula is C53H45N. The normalized spacial score (nSPS) is 12.6. The van der Waals surface area contributed by atoms with E-state index in [2.05, 4.69) is 218 Å². The van der Waals surface area contributed by atoms with Crippen LogP contribution in [0.3, 0.4) is 0 Å². The van der Waals surface area contributed by atoms with E-state index in [0.29, 0.717) is 0 Å². The number of hydrogen-bond acceptors (Lipinski definition) is 1. The highest BCUT2D eigenvalue weighted by Gasteiger charge is 2.17. The van der Waals surface area contributed by atoms with Crippen molar-refractivity contribution in [3.63, 3.8) is 0 Å². The first-order chi connectivity index (χ1) is 26.7. The molecule has 0 amide bonds. The minimum absolute atomic E-state index is 1.14. The fraction of sp³-hybridized carbons (Fsp3) is 0.0943. The van der Waals surface area contributed by atoms with E-state index in [1.165, 1.54) is 80.6 Å². The van der Waals surface area contributed by atoms with Crippen molar-refractivity contribution in [2.75, 3.05) is 4.90 Å². The maximum atomic E-state index is 2.42. The van der Waals surface area contributed by atoms with E-state index in [4.69, 9.17) is 0 Å². The third kappa shape index (κ3) is 8.12. The van der Waals surface area contributed by atoms with Gasteiger partial charge in [-0.25, -0.2) is 0 Å². The maximum Gasteiger partial charge on any atom is 0.0464 e. The Labute approximate surface area is 320 Å². The third-order valence-corrected chi connectivity index (χ3v) is 10.4. The molecule has 1 nitrogen and oxygen atoms in total. The van der Waals surface area contributed by atoms with Crippen molar-refractivity contribution >= 4 is 40.4 Å². The summed E-state index contributed by atoms with van der Waals surface area (Å²) in [6, 6.07) is 65.8. The number of fused-ring (bicyclic) bond motifs is 1. The number of allylic oxidation sites excluding steroid dienone is 2. The lowest BCUT2D eigenvalue weighted by Crippen LogP contribution is -2.12. The largest absolute Gasteiger partial charge is 0.310 e. The van der Waals surface area contributed by atoms with Gasteiger partial charge in [0, 0.05) is 17.1 Å². The van der Waals surface area contributed by atoms with Gasteiger partial charge >= 0.3 is 0 Å². The highest BCUT2D eigenvalue weighted by molar-refractivity contribution is 5.92. The van der Waals surface area contributed by atoms with Crippen molar-refractivity contribution in [3.8, 4) is 0 Å². The van der Waals surface area contributed by atoms with Crippen LogP contribution in [0.5, 0.6) is 0 Å². The standard InChI is InChI=1S/C53H45N/c1-40-24-30-47(31-25-40)53(46-20-9-4-10-21-46)38-42-28-35-50(36-29-42)54(51-37-32-43-15-11-12-22-48(43)39-51)49-33-26-41(27-34-49)14-13-23-52(44-16-5-2-6-17-44)45-18-7-3-8-19-45/h2-10,13-14,16-21,23-39H,11-12,15,22H2,1H3. The van der Waals surface area contributed by atoms with E-state index in [1.54, 1.807) is 0 Å². The number of anilines is 3. The first kappa shape index (κ1) is 34.6. The Morgan fingerprint density at radius 2 is 0.926 bits per heavy atom. The van der Waals surface area contributed by atoms with Crippen LogP contribution in [-0.2, 0) is 12.8 Å². The smallest absolute Gasteiger partial charge is 0.0464 e. The van der Waals surface area contributed by atoms with Crippen LogP contribution in [0.15, 0.2) is 194 Å². The lowest BCUT2D eigenvalue weighted by molar-refractivity contribution is 0.685. The minimum Gasteiger partial charge on any atom is -0.310 e. The lowest BCUT2D eigenvalue weighted by atomic mass is 9.91. The van der Waals surface area contributed by atoms with Gasteiger partial charge in [0.2, 0.25) is 0 Å². The van der Waals surface area contributed by atoms with Gasteiger partial charge in [0.15, 0.2) is 0 Å². The SMILES string of the molecule is Cc1ccc(C(=Cc2ccc(N(c3ccc(C=CC=C(c4ccccc4)c4ccccc4)cc3)c3ccc4c(c3)CCCC4)cc2)c2ccccc2)cc1. The third-order valence-electron chi connectivity index (χ3n) is 10.4. The van der Waals surface area contributed by atoms with Crippen molar-refractivity contribution in [2.45, 2.75) is 32.6 Å². The summed E-state index contributed by atoms with van der Waals surface area (Å²) >= 11 is 0. The van der Waals surface area contributed by atoms with Crippen molar-refractivity contribution < 1.29 is 0 Å². The summed E-state index contributed by atoms with van der Waals surface area (Å²) in [6.45, 7) is 2.14. The number of hydrogen-bond donors (Lipinski definition) is 0. The topological polar surface area (TPSA) is 3.24 Å². The number of aryl methyl sites for hydroxylation is 3. The molecule has 0 radical (unpaired) electrons. The highest BCUT2D eigenvalue weighted by atomic mass is 15.1. The molecule has 0 atom stereocenters. The second kappa shape index (κ2) is 16.5. The summed E-state index contributed by atoms with van der Waals surface area (Å²) in [4.78, 5) is 2.40. The van der Waals surface area contributed by atoms with Gasteiger partial charge in [0.25, 0.3) is 0 Å². The minimum atomic E-state index is 1.14. The zero-order valence-electron chi connectivity index (χ0n) is 30.9. The number of nitrogens with zero attached hydrogens (tertiary/aromatic N) is 1. The maximum absolute atomic E-state index is 2.42. The Morgan fingerprint density at radius 3 is 1.50 bits per heavy atom. The molecule has 0 N–H and O–H groups in total. The molecule has 1 aliphatic carbocycles. The first-order valence-corrected chi connectivity index (χ1v) is 19.1. The molecule has 262 valence electrons. The van der Waals surface area contributed by atoms with Crippen LogP contribution in [-0.4, -0.2) is 0 Å². The molecule has 0 saturated heterocycles. The molecule has 54 heavy (non-hydrogen) atoms. The van der Waals surface area contributed by atoms with Crippen LogP contribution in [0, 0.1) is 6.92 Å². The molecule has 0 saturated carbocycles. The van der Waals surface area contributed by atoms with E-state index in [1.807, 2.05) is 0 Å². The molecule has 0 aromatic heterocycles. The van der Waals surface area contributed by atoms with Crippen LogP contribution in [0.25, 0.3) is 23.3 Å². The molecule has 7 aromatic rings. The fourth-order valence-electron chi connectivity index (χ4n) is 7.46. The van der Waals surface area contributed by atoms with E-state index in [-0.39, 0.29) is 0 Å². The van der Waals surface area contributed by atoms with Crippen molar-refractivity contribution in [1.29, 1.82) is 0 Å². The molecule has 0 heterocycles. The Bertz CT molecular complexity index is 2340. The van der Waals surface area contributed by atoms with Gasteiger partial charge in [-0.1, -0.05) is 169 Å². The van der Waals surface area contributed by atoms with Gasteiger partial charge in [-0.15, -0.1) is 0 Å². The molecule has 7 aromatic carbocycles. The first-order valence-electron chi connectivity index (χ1n) is 19.1. The lowest BCUT2D eigenvalue weighted by Gasteiger charge is -2.27. The van der Waals surface area contributed by atoms with E-state index in [9.17, 15) is 0 Å². The summed E-state index contributed by atoms with van der Waals surface area (Å²) in [6.07, 6.45) is 13.7. The van der Waals surface area contributed by atoms with E-state index < -0.39 is 0 Å². The van der Waals surface area contributed by atoms with Gasteiger partial charge in [0.1, 0.15) is 0 Å². The predicted molar refractivity (Wildman–Crippen MR) is 231 cm³/mol. The number of rotatable bonds is 10. The number of benzene rings is 7. The summed E-state index contributed by atoms with van der Waals surface area (Å²) in [5.41, 5.74) is 17.3. The van der Waals surface area contributed by atoms with Crippen molar-refractivity contribution in [2.24, 2.45) is 0 Å². The quantitative estimate of drug-likeness (QED) is 0.102. The molecule has 0 fully saturated rings. The second-order valence-corrected chi connectivity index (χ2v) is 14.1. The Hall–Kier alpha value is -6.44. The van der Waals surface area contributed by atoms with Crippen molar-refractivity contribution in [1.82, 2.24) is 0 Å². The monoisotopic (exact) mass is 695 g/mol. The van der Waals surface area contributed by atoms with Crippen LogP contribution in [0.4, 0.5) is 17.1 Å². The van der Waals surface area contributed by atoms with Gasteiger partial charge in [-0.05, 0) is 131 Å². The molecule has 0 spiro atoms. The van der Waals surface area contributed by atoms with Gasteiger partial charge in [-0.3, -0.25) is 0 Å². The zero-order valence-corrected chi connectivity index (χ0v) is 30.9. The Kier molecular flexibility index (Phi) is 10.6. The molecular weight excluding hydrogens is 651 g/mol. The fourth-order valence-corrected chi connectivity index (χ4v) is 7.46. The Morgan fingerprint density at radius 1 is 0.444 bits per heavy atom. The van der Waals surface area contributed by atoms with Crippen LogP contribution >= 0.6 is 0 Å². The van der Waals surface area contributed by atoms with Crippen molar-refractivity contribution in [3.05, 3.63) is 244 Å². The molecule has 0 bridgehead atoms. The van der Waals surface area contributed by atoms with E-state index in [0.717, 1.165) is 23.4 Å². The summed E-state index contributed by atoms with van der Waals surface area (Å²) in [5, 5.41) is 0. The molecule has 1 aliphatic rings. The molecule has 0 unspecified atom stereocenters. The molecule has 8 rings (SSSR count). The van der Waals surface area contributed by atoms with Crippen LogP contribution in [0.2, 0.25) is 0 Å². The van der Waals surface area contributed by atoms with Gasteiger partial charge in [0.05, 0.1) is 0 Å². The van der Waals surface area contributed by atoms with Crippen LogP contribution in [0.1, 0.15) is 62.9 Å². The van der Waals surface area contributed by atoms with E-state index >= 15 is 0 Å². The van der Waals surface area contributed by atoms with Gasteiger partial charge < -0.3 is 4.90 Å². The molecule has 1 heteroatoms. The predicted octanol–water partition coefficient (Wildman–Crippen LogP) is 14.1. The Balaban J connectivity index is 1.12. The zero-order chi connectivity index (χ0) is 36.5. The van der Waals surface area contributed by atoms with Gasteiger partial charge in [-0.2, -0.15) is 0 Å². The molecule has 0 aliphatic heterocycles. The average molecular weight is 696 g/mol. The highest BCUT2D eigenvalue weighted by Crippen LogP contribution is 2.38. The van der Waals surface area contributed by atoms with Crippen LogP contribution < -0.4 is 4.90 Å².